The van der Waals surface area contributed by atoms with E-state index in [0.717, 1.165) is 30.6 Å². The highest BCUT2D eigenvalue weighted by Crippen LogP contribution is 2.14. The third kappa shape index (κ3) is 3.57. The van der Waals surface area contributed by atoms with Gasteiger partial charge in [-0.2, -0.15) is 0 Å². The van der Waals surface area contributed by atoms with E-state index >= 15 is 0 Å². The summed E-state index contributed by atoms with van der Waals surface area (Å²) < 4.78 is 0. The topological polar surface area (TPSA) is 61.4 Å². The number of carbonyl (C=O) groups is 2. The zero-order valence-corrected chi connectivity index (χ0v) is 12.0. The molecule has 0 aromatic heterocycles. The maximum Gasteiger partial charge on any atom is 0.237 e. The van der Waals surface area contributed by atoms with Crippen LogP contribution in [0.3, 0.4) is 0 Å². The lowest BCUT2D eigenvalue weighted by molar-refractivity contribution is -0.123. The molecule has 20 heavy (non-hydrogen) atoms. The molecule has 0 unspecified atom stereocenters. The Morgan fingerprint density at radius 3 is 2.60 bits per heavy atom. The summed E-state index contributed by atoms with van der Waals surface area (Å²) in [4.78, 5) is 24.7. The average Bonchev–Trinajstić information content (AvgIpc) is 2.98. The normalized spacial score (nSPS) is 17.8. The van der Waals surface area contributed by atoms with Crippen LogP contribution in [0.4, 0.5) is 5.69 Å². The first kappa shape index (κ1) is 14.5. The van der Waals surface area contributed by atoms with Crippen molar-refractivity contribution in [3.8, 4) is 0 Å². The van der Waals surface area contributed by atoms with Crippen LogP contribution in [0.5, 0.6) is 0 Å². The van der Waals surface area contributed by atoms with Crippen LogP contribution in [0.25, 0.3) is 0 Å². The van der Waals surface area contributed by atoms with Crippen LogP contribution in [0.1, 0.15) is 25.3 Å². The standard InChI is InChI=1S/C15H21N3O2/c1-11(19)18(2)13-7-5-12(6-8-13)10-17-15(20)14-4-3-9-16-14/h5-8,14,16H,3-4,9-10H2,1-2H3,(H,17,20)/t14-/m0/s1. The maximum atomic E-state index is 11.9. The average molecular weight is 275 g/mol. The van der Waals surface area contributed by atoms with Gasteiger partial charge in [0.1, 0.15) is 0 Å². The van der Waals surface area contributed by atoms with Crippen LogP contribution < -0.4 is 15.5 Å². The molecule has 1 fully saturated rings. The van der Waals surface area contributed by atoms with Gasteiger partial charge >= 0.3 is 0 Å². The van der Waals surface area contributed by atoms with E-state index in [9.17, 15) is 9.59 Å². The zero-order valence-electron chi connectivity index (χ0n) is 12.0. The molecule has 1 atom stereocenters. The van der Waals surface area contributed by atoms with Gasteiger partial charge in [-0.1, -0.05) is 12.1 Å². The molecule has 2 N–H and O–H groups in total. The number of hydrogen-bond donors (Lipinski definition) is 2. The summed E-state index contributed by atoms with van der Waals surface area (Å²) in [5, 5.41) is 6.10. The molecule has 0 aliphatic carbocycles. The number of nitrogens with zero attached hydrogens (tertiary/aromatic N) is 1. The Balaban J connectivity index is 1.87. The van der Waals surface area contributed by atoms with Crippen LogP contribution in [-0.4, -0.2) is 31.4 Å². The first-order valence-electron chi connectivity index (χ1n) is 6.92. The minimum Gasteiger partial charge on any atom is -0.351 e. The van der Waals surface area contributed by atoms with Gasteiger partial charge in [-0.3, -0.25) is 9.59 Å². The van der Waals surface area contributed by atoms with E-state index in [1.165, 1.54) is 6.92 Å². The molecule has 0 bridgehead atoms. The van der Waals surface area contributed by atoms with E-state index in [1.54, 1.807) is 11.9 Å². The third-order valence-corrected chi connectivity index (χ3v) is 3.64. The van der Waals surface area contributed by atoms with Crippen molar-refractivity contribution < 1.29 is 9.59 Å². The Hall–Kier alpha value is -1.88. The molecule has 0 spiro atoms. The highest BCUT2D eigenvalue weighted by atomic mass is 16.2. The molecule has 0 saturated carbocycles. The predicted octanol–water partition coefficient (Wildman–Crippen LogP) is 1.04. The van der Waals surface area contributed by atoms with Crippen molar-refractivity contribution >= 4 is 17.5 Å². The largest absolute Gasteiger partial charge is 0.351 e. The molecule has 1 saturated heterocycles. The monoisotopic (exact) mass is 275 g/mol. The summed E-state index contributed by atoms with van der Waals surface area (Å²) in [6.45, 7) is 2.97. The lowest BCUT2D eigenvalue weighted by Crippen LogP contribution is -2.39. The van der Waals surface area contributed by atoms with Gasteiger partial charge in [0.05, 0.1) is 6.04 Å². The van der Waals surface area contributed by atoms with Crippen LogP contribution >= 0.6 is 0 Å². The van der Waals surface area contributed by atoms with Gasteiger partial charge in [0.25, 0.3) is 0 Å². The van der Waals surface area contributed by atoms with Gasteiger partial charge in [-0.05, 0) is 37.1 Å². The van der Waals surface area contributed by atoms with Crippen molar-refractivity contribution in [1.82, 2.24) is 10.6 Å². The van der Waals surface area contributed by atoms with Crippen LogP contribution in [-0.2, 0) is 16.1 Å². The van der Waals surface area contributed by atoms with Crippen molar-refractivity contribution in [3.63, 3.8) is 0 Å². The van der Waals surface area contributed by atoms with Gasteiger partial charge in [0.2, 0.25) is 11.8 Å². The third-order valence-electron chi connectivity index (χ3n) is 3.64. The number of rotatable bonds is 4. The minimum atomic E-state index is -0.0434. The molecule has 2 amide bonds. The fourth-order valence-corrected chi connectivity index (χ4v) is 2.24. The molecule has 2 rings (SSSR count). The molecule has 1 aromatic rings. The summed E-state index contributed by atoms with van der Waals surface area (Å²) in [6, 6.07) is 7.58. The molecule has 0 radical (unpaired) electrons. The SMILES string of the molecule is CC(=O)N(C)c1ccc(CNC(=O)[C@@H]2CCCN2)cc1. The fraction of sp³-hybridized carbons (Fsp3) is 0.467. The molecule has 1 aromatic carbocycles. The summed E-state index contributed by atoms with van der Waals surface area (Å²) in [5.74, 6) is 0.0609. The van der Waals surface area contributed by atoms with Gasteiger partial charge in [-0.15, -0.1) is 0 Å². The van der Waals surface area contributed by atoms with Gasteiger partial charge in [0.15, 0.2) is 0 Å². The Bertz CT molecular complexity index is 478. The van der Waals surface area contributed by atoms with Crippen molar-refractivity contribution in [3.05, 3.63) is 29.8 Å². The first-order valence-corrected chi connectivity index (χ1v) is 6.92. The van der Waals surface area contributed by atoms with Crippen LogP contribution in [0, 0.1) is 0 Å². The number of benzene rings is 1. The Labute approximate surface area is 119 Å². The second-order valence-electron chi connectivity index (χ2n) is 5.11. The molecule has 108 valence electrons. The number of amides is 2. The van der Waals surface area contributed by atoms with Crippen molar-refractivity contribution in [2.45, 2.75) is 32.4 Å². The van der Waals surface area contributed by atoms with Crippen molar-refractivity contribution in [2.24, 2.45) is 0 Å². The fourth-order valence-electron chi connectivity index (χ4n) is 2.24. The molecule has 5 nitrogen and oxygen atoms in total. The number of carbonyl (C=O) groups excluding carboxylic acids is 2. The number of nitrogens with one attached hydrogen (secondary N) is 2. The van der Waals surface area contributed by atoms with E-state index in [1.807, 2.05) is 24.3 Å². The summed E-state index contributed by atoms with van der Waals surface area (Å²) in [7, 11) is 1.74. The molecule has 1 heterocycles. The molecule has 1 aliphatic rings. The highest BCUT2D eigenvalue weighted by molar-refractivity contribution is 5.90. The molecule has 1 aliphatic heterocycles. The van der Waals surface area contributed by atoms with E-state index in [-0.39, 0.29) is 17.9 Å². The van der Waals surface area contributed by atoms with E-state index in [4.69, 9.17) is 0 Å². The van der Waals surface area contributed by atoms with Crippen LogP contribution in [0.15, 0.2) is 24.3 Å². The quantitative estimate of drug-likeness (QED) is 0.863. The highest BCUT2D eigenvalue weighted by Gasteiger charge is 2.21. The minimum absolute atomic E-state index is 0.00152. The predicted molar refractivity (Wildman–Crippen MR) is 78.4 cm³/mol. The van der Waals surface area contributed by atoms with Crippen molar-refractivity contribution in [2.75, 3.05) is 18.5 Å². The Morgan fingerprint density at radius 1 is 1.35 bits per heavy atom. The van der Waals surface area contributed by atoms with Gasteiger partial charge < -0.3 is 15.5 Å². The zero-order chi connectivity index (χ0) is 14.5. The second kappa shape index (κ2) is 6.52. The summed E-state index contributed by atoms with van der Waals surface area (Å²) >= 11 is 0. The Kier molecular flexibility index (Phi) is 4.74. The molecular weight excluding hydrogens is 254 g/mol. The van der Waals surface area contributed by atoms with E-state index in [0.29, 0.717) is 6.54 Å². The maximum absolute atomic E-state index is 11.9. The van der Waals surface area contributed by atoms with Crippen LogP contribution in [0.2, 0.25) is 0 Å². The lowest BCUT2D eigenvalue weighted by Gasteiger charge is -2.15. The van der Waals surface area contributed by atoms with E-state index < -0.39 is 0 Å². The number of hydrogen-bond acceptors (Lipinski definition) is 3. The van der Waals surface area contributed by atoms with Crippen molar-refractivity contribution in [1.29, 1.82) is 0 Å². The van der Waals surface area contributed by atoms with E-state index in [2.05, 4.69) is 10.6 Å². The number of anilines is 1. The molecule has 5 heteroatoms. The van der Waals surface area contributed by atoms with Gasteiger partial charge in [0, 0.05) is 26.2 Å². The summed E-state index contributed by atoms with van der Waals surface area (Å²) in [5.41, 5.74) is 1.88. The van der Waals surface area contributed by atoms with Gasteiger partial charge in [-0.25, -0.2) is 0 Å². The Morgan fingerprint density at radius 2 is 2.05 bits per heavy atom. The summed E-state index contributed by atoms with van der Waals surface area (Å²) in [6.07, 6.45) is 1.97. The second-order valence-corrected chi connectivity index (χ2v) is 5.11. The smallest absolute Gasteiger partial charge is 0.237 e. The lowest BCUT2D eigenvalue weighted by atomic mass is 10.1. The molecular formula is C15H21N3O2. The first-order chi connectivity index (χ1) is 9.58.